The van der Waals surface area contributed by atoms with Gasteiger partial charge in [-0.25, -0.2) is 4.98 Å². The maximum atomic E-state index is 12.6. The zero-order valence-corrected chi connectivity index (χ0v) is 12.3. The van der Waals surface area contributed by atoms with Gasteiger partial charge in [-0.3, -0.25) is 25.1 Å². The van der Waals surface area contributed by atoms with E-state index in [1.54, 1.807) is 6.07 Å². The number of H-pyrrole nitrogens is 2. The molecule has 0 radical (unpaired) electrons. The molecule has 11 heteroatoms. The number of nitro groups is 1. The van der Waals surface area contributed by atoms with E-state index in [1.165, 1.54) is 18.2 Å². The summed E-state index contributed by atoms with van der Waals surface area (Å²) in [5.41, 5.74) is 5.80. The maximum Gasteiger partial charge on any atom is 0.284 e. The predicted molar refractivity (Wildman–Crippen MR) is 86.7 cm³/mol. The molecule has 0 saturated carbocycles. The molecule has 3 heterocycles. The Morgan fingerprint density at radius 2 is 2.20 bits per heavy atom. The molecule has 0 spiro atoms. The van der Waals surface area contributed by atoms with Gasteiger partial charge in [-0.2, -0.15) is 14.9 Å². The number of nitrogens with zero attached hydrogens (tertiary/aromatic N) is 5. The number of pyridine rings is 1. The van der Waals surface area contributed by atoms with Crippen molar-refractivity contribution in [3.8, 4) is 17.5 Å². The van der Waals surface area contributed by atoms with E-state index in [-0.39, 0.29) is 39.4 Å². The van der Waals surface area contributed by atoms with Crippen LogP contribution in [0.5, 0.6) is 0 Å². The Morgan fingerprint density at radius 3 is 2.92 bits per heavy atom. The van der Waals surface area contributed by atoms with Crippen LogP contribution in [0.25, 0.3) is 27.9 Å². The van der Waals surface area contributed by atoms with E-state index in [1.807, 2.05) is 6.07 Å². The summed E-state index contributed by atoms with van der Waals surface area (Å²) in [7, 11) is 0. The summed E-state index contributed by atoms with van der Waals surface area (Å²) < 4.78 is 1.07. The van der Waals surface area contributed by atoms with Crippen LogP contribution in [-0.4, -0.2) is 29.7 Å². The molecule has 25 heavy (non-hydrogen) atoms. The number of hydrogen-bond acceptors (Lipinski definition) is 7. The van der Waals surface area contributed by atoms with Gasteiger partial charge in [-0.15, -0.1) is 0 Å². The third-order valence-corrected chi connectivity index (χ3v) is 3.77. The maximum absolute atomic E-state index is 12.6. The SMILES string of the molecule is N#Cc1c2[nH]nc(N)c2c(=O)n2[nH]c(-c3cccc([N+](=O)[O-])c3)nc12. The molecule has 0 amide bonds. The lowest BCUT2D eigenvalue weighted by Crippen LogP contribution is -2.16. The Balaban J connectivity index is 2.07. The summed E-state index contributed by atoms with van der Waals surface area (Å²) in [6.45, 7) is 0. The molecule has 0 aliphatic carbocycles. The van der Waals surface area contributed by atoms with Crippen LogP contribution in [-0.2, 0) is 0 Å². The summed E-state index contributed by atoms with van der Waals surface area (Å²) in [6, 6.07) is 7.73. The molecule has 4 N–H and O–H groups in total. The highest BCUT2D eigenvalue weighted by atomic mass is 16.6. The normalized spacial score (nSPS) is 11.0. The number of nitriles is 1. The van der Waals surface area contributed by atoms with Gasteiger partial charge < -0.3 is 5.73 Å². The van der Waals surface area contributed by atoms with Crippen LogP contribution >= 0.6 is 0 Å². The van der Waals surface area contributed by atoms with Crippen molar-refractivity contribution in [1.29, 1.82) is 5.26 Å². The Labute approximate surface area is 137 Å². The molecule has 0 fully saturated rings. The fourth-order valence-electron chi connectivity index (χ4n) is 2.63. The summed E-state index contributed by atoms with van der Waals surface area (Å²) in [5, 5.41) is 29.5. The van der Waals surface area contributed by atoms with Crippen molar-refractivity contribution in [3.05, 3.63) is 50.3 Å². The van der Waals surface area contributed by atoms with E-state index in [2.05, 4.69) is 20.3 Å². The molecule has 122 valence electrons. The number of aromatic nitrogens is 5. The fraction of sp³-hybridized carbons (Fsp3) is 0. The molecular formula is C14H8N8O3. The van der Waals surface area contributed by atoms with E-state index in [4.69, 9.17) is 5.73 Å². The Bertz CT molecular complexity index is 1270. The predicted octanol–water partition coefficient (Wildman–Crippen LogP) is 0.928. The Morgan fingerprint density at radius 1 is 1.40 bits per heavy atom. The number of anilines is 1. The number of fused-ring (bicyclic) bond motifs is 2. The number of benzene rings is 1. The molecule has 3 aromatic heterocycles. The van der Waals surface area contributed by atoms with E-state index in [0.717, 1.165) is 4.52 Å². The minimum Gasteiger partial charge on any atom is -0.382 e. The second kappa shape index (κ2) is 4.90. The zero-order chi connectivity index (χ0) is 17.7. The topological polar surface area (TPSA) is 172 Å². The van der Waals surface area contributed by atoms with Gasteiger partial charge in [-0.05, 0) is 0 Å². The minimum absolute atomic E-state index is 0.0302. The van der Waals surface area contributed by atoms with E-state index in [9.17, 15) is 20.2 Å². The highest BCUT2D eigenvalue weighted by Crippen LogP contribution is 2.24. The van der Waals surface area contributed by atoms with Crippen molar-refractivity contribution >= 4 is 28.1 Å². The van der Waals surface area contributed by atoms with Gasteiger partial charge in [0.2, 0.25) is 0 Å². The number of nitro benzene ring substituents is 1. The van der Waals surface area contributed by atoms with Gasteiger partial charge >= 0.3 is 0 Å². The molecule has 0 aliphatic heterocycles. The summed E-state index contributed by atoms with van der Waals surface area (Å²) >= 11 is 0. The number of non-ortho nitro benzene ring substituents is 1. The van der Waals surface area contributed by atoms with Crippen LogP contribution in [0.3, 0.4) is 0 Å². The monoisotopic (exact) mass is 336 g/mol. The average Bonchev–Trinajstić information content (AvgIpc) is 3.21. The first-order chi connectivity index (χ1) is 12.0. The van der Waals surface area contributed by atoms with Crippen LogP contribution in [0, 0.1) is 21.4 Å². The largest absolute Gasteiger partial charge is 0.382 e. The van der Waals surface area contributed by atoms with Gasteiger partial charge in [0, 0.05) is 17.7 Å². The zero-order valence-electron chi connectivity index (χ0n) is 12.3. The fourth-order valence-corrected chi connectivity index (χ4v) is 2.63. The average molecular weight is 336 g/mol. The third-order valence-electron chi connectivity index (χ3n) is 3.77. The lowest BCUT2D eigenvalue weighted by molar-refractivity contribution is -0.384. The Hall–Kier alpha value is -4.20. The number of aromatic amines is 2. The van der Waals surface area contributed by atoms with Gasteiger partial charge in [-0.1, -0.05) is 12.1 Å². The molecule has 0 aliphatic rings. The molecule has 1 aromatic carbocycles. The van der Waals surface area contributed by atoms with Gasteiger partial charge in [0.15, 0.2) is 17.3 Å². The van der Waals surface area contributed by atoms with Crippen LogP contribution in [0.1, 0.15) is 5.56 Å². The summed E-state index contributed by atoms with van der Waals surface area (Å²) in [6.07, 6.45) is 0. The van der Waals surface area contributed by atoms with Crippen LogP contribution in [0.4, 0.5) is 11.5 Å². The molecular weight excluding hydrogens is 328 g/mol. The molecule has 0 bridgehead atoms. The minimum atomic E-state index is -0.533. The third kappa shape index (κ3) is 1.94. The van der Waals surface area contributed by atoms with Gasteiger partial charge in [0.1, 0.15) is 17.0 Å². The van der Waals surface area contributed by atoms with E-state index in [0.29, 0.717) is 5.56 Å². The van der Waals surface area contributed by atoms with E-state index >= 15 is 0 Å². The van der Waals surface area contributed by atoms with Crippen LogP contribution < -0.4 is 11.3 Å². The number of nitrogen functional groups attached to an aromatic ring is 1. The highest BCUT2D eigenvalue weighted by molar-refractivity contribution is 5.95. The van der Waals surface area contributed by atoms with Crippen molar-refractivity contribution in [2.75, 3.05) is 5.73 Å². The number of rotatable bonds is 2. The number of nitrogens with one attached hydrogen (secondary N) is 2. The summed E-state index contributed by atoms with van der Waals surface area (Å²) in [5.74, 6) is 0.175. The lowest BCUT2D eigenvalue weighted by Gasteiger charge is -1.96. The molecule has 4 rings (SSSR count). The smallest absolute Gasteiger partial charge is 0.284 e. The van der Waals surface area contributed by atoms with Crippen molar-refractivity contribution < 1.29 is 4.92 Å². The second-order valence-electron chi connectivity index (χ2n) is 5.19. The van der Waals surface area contributed by atoms with Crippen LogP contribution in [0.15, 0.2) is 29.1 Å². The van der Waals surface area contributed by atoms with Crippen molar-refractivity contribution in [1.82, 2.24) is 24.8 Å². The molecule has 0 atom stereocenters. The molecule has 0 saturated heterocycles. The summed E-state index contributed by atoms with van der Waals surface area (Å²) in [4.78, 5) is 27.2. The van der Waals surface area contributed by atoms with Crippen molar-refractivity contribution in [2.24, 2.45) is 0 Å². The number of hydrogen-bond donors (Lipinski definition) is 3. The molecule has 4 aromatic rings. The first kappa shape index (κ1) is 14.4. The van der Waals surface area contributed by atoms with E-state index < -0.39 is 10.5 Å². The standard InChI is InChI=1S/C14H8N8O3/c15-5-8-10-9(11(16)19-18-10)14(23)21-13(8)17-12(20-21)6-2-1-3-7(4-6)22(24)25/h1-4H,(H,17,20)(H3,16,18,19). The lowest BCUT2D eigenvalue weighted by atomic mass is 10.2. The first-order valence-electron chi connectivity index (χ1n) is 6.94. The van der Waals surface area contributed by atoms with Gasteiger partial charge in [0.05, 0.1) is 10.4 Å². The van der Waals surface area contributed by atoms with Crippen LogP contribution in [0.2, 0.25) is 0 Å². The molecule has 11 nitrogen and oxygen atoms in total. The number of nitrogens with two attached hydrogens (primary N) is 1. The van der Waals surface area contributed by atoms with Crippen molar-refractivity contribution in [2.45, 2.75) is 0 Å². The Kier molecular flexibility index (Phi) is 2.82. The van der Waals surface area contributed by atoms with Crippen molar-refractivity contribution in [3.63, 3.8) is 0 Å². The molecule has 0 unspecified atom stereocenters. The van der Waals surface area contributed by atoms with Gasteiger partial charge in [0.25, 0.3) is 11.2 Å². The second-order valence-corrected chi connectivity index (χ2v) is 5.19. The quantitative estimate of drug-likeness (QED) is 0.360. The highest BCUT2D eigenvalue weighted by Gasteiger charge is 2.20. The first-order valence-corrected chi connectivity index (χ1v) is 6.94.